The van der Waals surface area contributed by atoms with Crippen LogP contribution in [0.5, 0.6) is 0 Å². The minimum atomic E-state index is -0.364. The van der Waals surface area contributed by atoms with Crippen LogP contribution in [-0.4, -0.2) is 5.11 Å². The van der Waals surface area contributed by atoms with Crippen LogP contribution in [0.3, 0.4) is 0 Å². The summed E-state index contributed by atoms with van der Waals surface area (Å²) in [6.45, 7) is 0. The third-order valence-corrected chi connectivity index (χ3v) is 2.60. The standard InChI is InChI=1S/C11H11NO/c12-7-8-3-1-5-10-9(8)4-2-6-11(10)13/h1,3,5,11,13H,2,4,6H2. The fraction of sp³-hybridized carbons (Fsp3) is 0.364. The summed E-state index contributed by atoms with van der Waals surface area (Å²) in [5.74, 6) is 0. The van der Waals surface area contributed by atoms with Gasteiger partial charge >= 0.3 is 0 Å². The zero-order chi connectivity index (χ0) is 9.26. The molecule has 1 aromatic carbocycles. The number of benzene rings is 1. The van der Waals surface area contributed by atoms with E-state index in [-0.39, 0.29) is 6.10 Å². The molecule has 0 heterocycles. The first-order valence-electron chi connectivity index (χ1n) is 4.53. The van der Waals surface area contributed by atoms with Crippen molar-refractivity contribution in [2.75, 3.05) is 0 Å². The van der Waals surface area contributed by atoms with Crippen molar-refractivity contribution in [2.45, 2.75) is 25.4 Å². The Hall–Kier alpha value is -1.33. The van der Waals surface area contributed by atoms with Gasteiger partial charge in [-0.3, -0.25) is 0 Å². The molecule has 0 amide bonds. The Labute approximate surface area is 77.4 Å². The first-order chi connectivity index (χ1) is 6.33. The molecule has 0 aliphatic heterocycles. The van der Waals surface area contributed by atoms with Gasteiger partial charge in [0.1, 0.15) is 0 Å². The van der Waals surface area contributed by atoms with E-state index in [4.69, 9.17) is 5.26 Å². The van der Waals surface area contributed by atoms with E-state index in [1.165, 1.54) is 0 Å². The molecule has 0 radical (unpaired) electrons. The molecule has 2 heteroatoms. The molecule has 1 unspecified atom stereocenters. The zero-order valence-corrected chi connectivity index (χ0v) is 7.33. The summed E-state index contributed by atoms with van der Waals surface area (Å²) in [4.78, 5) is 0. The van der Waals surface area contributed by atoms with Gasteiger partial charge in [0.2, 0.25) is 0 Å². The van der Waals surface area contributed by atoms with E-state index in [0.29, 0.717) is 0 Å². The van der Waals surface area contributed by atoms with Gasteiger partial charge in [0.05, 0.1) is 17.7 Å². The Kier molecular flexibility index (Phi) is 2.03. The average molecular weight is 173 g/mol. The summed E-state index contributed by atoms with van der Waals surface area (Å²) < 4.78 is 0. The lowest BCUT2D eigenvalue weighted by Crippen LogP contribution is -2.10. The van der Waals surface area contributed by atoms with E-state index < -0.39 is 0 Å². The number of rotatable bonds is 0. The van der Waals surface area contributed by atoms with Crippen LogP contribution in [0, 0.1) is 11.3 Å². The number of hydrogen-bond acceptors (Lipinski definition) is 2. The Balaban J connectivity index is 2.56. The van der Waals surface area contributed by atoms with E-state index in [2.05, 4.69) is 6.07 Å². The predicted molar refractivity (Wildman–Crippen MR) is 49.1 cm³/mol. The van der Waals surface area contributed by atoms with Crippen LogP contribution in [0.4, 0.5) is 0 Å². The smallest absolute Gasteiger partial charge is 0.0994 e. The number of fused-ring (bicyclic) bond motifs is 1. The summed E-state index contributed by atoms with van der Waals surface area (Å²) in [6, 6.07) is 7.74. The maximum Gasteiger partial charge on any atom is 0.0994 e. The molecule has 0 saturated heterocycles. The number of hydrogen-bond donors (Lipinski definition) is 1. The highest BCUT2D eigenvalue weighted by Crippen LogP contribution is 2.31. The van der Waals surface area contributed by atoms with Crippen molar-refractivity contribution in [3.05, 3.63) is 34.9 Å². The van der Waals surface area contributed by atoms with Gasteiger partial charge in [0.15, 0.2) is 0 Å². The second-order valence-corrected chi connectivity index (χ2v) is 3.39. The Morgan fingerprint density at radius 1 is 1.46 bits per heavy atom. The van der Waals surface area contributed by atoms with Gasteiger partial charge in [-0.05, 0) is 36.5 Å². The van der Waals surface area contributed by atoms with Crippen molar-refractivity contribution in [1.29, 1.82) is 5.26 Å². The van der Waals surface area contributed by atoms with Crippen molar-refractivity contribution < 1.29 is 5.11 Å². The van der Waals surface area contributed by atoms with Crippen molar-refractivity contribution in [3.63, 3.8) is 0 Å². The van der Waals surface area contributed by atoms with Crippen molar-refractivity contribution in [3.8, 4) is 6.07 Å². The molecule has 13 heavy (non-hydrogen) atoms. The monoisotopic (exact) mass is 173 g/mol. The third-order valence-electron chi connectivity index (χ3n) is 2.60. The lowest BCUT2D eigenvalue weighted by atomic mass is 9.87. The van der Waals surface area contributed by atoms with Crippen LogP contribution in [0.2, 0.25) is 0 Å². The molecule has 0 fully saturated rings. The Morgan fingerprint density at radius 3 is 3.08 bits per heavy atom. The fourth-order valence-corrected chi connectivity index (χ4v) is 1.93. The van der Waals surface area contributed by atoms with Crippen molar-refractivity contribution in [1.82, 2.24) is 0 Å². The van der Waals surface area contributed by atoms with Gasteiger partial charge in [-0.1, -0.05) is 12.1 Å². The Bertz CT molecular complexity index is 365. The molecule has 1 N–H and O–H groups in total. The second kappa shape index (κ2) is 3.20. The van der Waals surface area contributed by atoms with E-state index in [0.717, 1.165) is 36.0 Å². The molecule has 1 aliphatic carbocycles. The quantitative estimate of drug-likeness (QED) is 0.651. The lowest BCUT2D eigenvalue weighted by Gasteiger charge is -2.21. The molecule has 1 aromatic rings. The van der Waals surface area contributed by atoms with Gasteiger partial charge in [0, 0.05) is 0 Å². The molecule has 1 atom stereocenters. The highest BCUT2D eigenvalue weighted by Gasteiger charge is 2.19. The summed E-state index contributed by atoms with van der Waals surface area (Å²) in [5.41, 5.74) is 2.71. The van der Waals surface area contributed by atoms with Gasteiger partial charge in [0.25, 0.3) is 0 Å². The minimum absolute atomic E-state index is 0.364. The SMILES string of the molecule is N#Cc1cccc2c1CCCC2O. The molecule has 0 aromatic heterocycles. The van der Waals surface area contributed by atoms with E-state index >= 15 is 0 Å². The van der Waals surface area contributed by atoms with Gasteiger partial charge in [-0.15, -0.1) is 0 Å². The van der Waals surface area contributed by atoms with Crippen molar-refractivity contribution >= 4 is 0 Å². The van der Waals surface area contributed by atoms with Crippen LogP contribution in [0.25, 0.3) is 0 Å². The number of aliphatic hydroxyl groups is 1. The summed E-state index contributed by atoms with van der Waals surface area (Å²) in [7, 11) is 0. The molecular weight excluding hydrogens is 162 g/mol. The first kappa shape index (κ1) is 8.28. The van der Waals surface area contributed by atoms with Crippen molar-refractivity contribution in [2.24, 2.45) is 0 Å². The van der Waals surface area contributed by atoms with E-state index in [1.54, 1.807) is 0 Å². The molecule has 66 valence electrons. The molecule has 0 spiro atoms. The van der Waals surface area contributed by atoms with E-state index in [1.807, 2.05) is 18.2 Å². The van der Waals surface area contributed by atoms with Gasteiger partial charge in [-0.25, -0.2) is 0 Å². The number of nitriles is 1. The molecule has 2 nitrogen and oxygen atoms in total. The summed E-state index contributed by atoms with van der Waals surface area (Å²) >= 11 is 0. The van der Waals surface area contributed by atoms with Crippen LogP contribution in [0.15, 0.2) is 18.2 Å². The second-order valence-electron chi connectivity index (χ2n) is 3.39. The number of nitrogens with zero attached hydrogens (tertiary/aromatic N) is 1. The van der Waals surface area contributed by atoms with Crippen LogP contribution < -0.4 is 0 Å². The molecule has 0 bridgehead atoms. The largest absolute Gasteiger partial charge is 0.388 e. The first-order valence-corrected chi connectivity index (χ1v) is 4.53. The highest BCUT2D eigenvalue weighted by atomic mass is 16.3. The summed E-state index contributed by atoms with van der Waals surface area (Å²) in [5, 5.41) is 18.5. The minimum Gasteiger partial charge on any atom is -0.388 e. The maximum absolute atomic E-state index is 9.67. The van der Waals surface area contributed by atoms with Crippen LogP contribution >= 0.6 is 0 Å². The van der Waals surface area contributed by atoms with Gasteiger partial charge < -0.3 is 5.11 Å². The topological polar surface area (TPSA) is 44.0 Å². The van der Waals surface area contributed by atoms with Gasteiger partial charge in [-0.2, -0.15) is 5.26 Å². The highest BCUT2D eigenvalue weighted by molar-refractivity contribution is 5.44. The van der Waals surface area contributed by atoms with Crippen LogP contribution in [-0.2, 0) is 6.42 Å². The molecule has 1 aliphatic rings. The molecule has 0 saturated carbocycles. The molecule has 2 rings (SSSR count). The maximum atomic E-state index is 9.67. The van der Waals surface area contributed by atoms with E-state index in [9.17, 15) is 5.11 Å². The lowest BCUT2D eigenvalue weighted by molar-refractivity contribution is 0.156. The molecular formula is C11H11NO. The Morgan fingerprint density at radius 2 is 2.31 bits per heavy atom. The predicted octanol–water partition coefficient (Wildman–Crippen LogP) is 1.93. The zero-order valence-electron chi connectivity index (χ0n) is 7.33. The third kappa shape index (κ3) is 1.32. The normalized spacial score (nSPS) is 20.5. The number of aliphatic hydroxyl groups excluding tert-OH is 1. The summed E-state index contributed by atoms with van der Waals surface area (Å²) in [6.07, 6.45) is 2.36. The van der Waals surface area contributed by atoms with Crippen LogP contribution in [0.1, 0.15) is 35.6 Å². The average Bonchev–Trinajstić information content (AvgIpc) is 2.18. The fourth-order valence-electron chi connectivity index (χ4n) is 1.93.